The van der Waals surface area contributed by atoms with Crippen molar-refractivity contribution in [2.45, 2.75) is 50.4 Å². The zero-order valence-corrected chi connectivity index (χ0v) is 17.5. The molecule has 0 unspecified atom stereocenters. The summed E-state index contributed by atoms with van der Waals surface area (Å²) in [5.41, 5.74) is 1.88. The van der Waals surface area contributed by atoms with Gasteiger partial charge in [-0.1, -0.05) is 18.9 Å². The molecule has 0 radical (unpaired) electrons. The minimum absolute atomic E-state index is 0.0277. The molecule has 6 nitrogen and oxygen atoms in total. The summed E-state index contributed by atoms with van der Waals surface area (Å²) in [6.45, 7) is 5.05. The van der Waals surface area contributed by atoms with Gasteiger partial charge in [-0.25, -0.2) is 0 Å². The molecule has 1 saturated carbocycles. The summed E-state index contributed by atoms with van der Waals surface area (Å²) in [5.74, 6) is 2.76. The van der Waals surface area contributed by atoms with Gasteiger partial charge in [-0.05, 0) is 55.2 Å². The molecule has 5 rings (SSSR count). The number of ether oxygens (including phenoxy) is 3. The van der Waals surface area contributed by atoms with E-state index < -0.39 is 0 Å². The highest BCUT2D eigenvalue weighted by molar-refractivity contribution is 5.80. The number of fused-ring (bicyclic) bond motifs is 1. The Balaban J connectivity index is 1.32. The van der Waals surface area contributed by atoms with Gasteiger partial charge in [0.1, 0.15) is 0 Å². The summed E-state index contributed by atoms with van der Waals surface area (Å²) in [4.78, 5) is 7.13. The highest BCUT2D eigenvalue weighted by atomic mass is 16.7. The number of likely N-dealkylation sites (tertiary alicyclic amines) is 1. The average Bonchev–Trinajstić information content (AvgIpc) is 3.51. The zero-order valence-electron chi connectivity index (χ0n) is 17.5. The van der Waals surface area contributed by atoms with Gasteiger partial charge in [-0.2, -0.15) is 0 Å². The Morgan fingerprint density at radius 2 is 1.86 bits per heavy atom. The van der Waals surface area contributed by atoms with Crippen LogP contribution in [0.4, 0.5) is 0 Å². The number of hydrogen-bond donors (Lipinski definition) is 1. The Labute approximate surface area is 173 Å². The third kappa shape index (κ3) is 3.56. The maximum Gasteiger partial charge on any atom is 0.231 e. The van der Waals surface area contributed by atoms with E-state index in [4.69, 9.17) is 14.2 Å². The predicted molar refractivity (Wildman–Crippen MR) is 113 cm³/mol. The van der Waals surface area contributed by atoms with Crippen LogP contribution in [0.5, 0.6) is 11.5 Å². The van der Waals surface area contributed by atoms with Crippen molar-refractivity contribution in [3.8, 4) is 11.5 Å². The van der Waals surface area contributed by atoms with Crippen LogP contribution in [0, 0.1) is 5.41 Å². The van der Waals surface area contributed by atoms with Crippen LogP contribution >= 0.6 is 0 Å². The minimum atomic E-state index is 0.0277. The van der Waals surface area contributed by atoms with Crippen molar-refractivity contribution in [1.82, 2.24) is 10.2 Å². The van der Waals surface area contributed by atoms with Crippen LogP contribution in [0.3, 0.4) is 0 Å². The first-order valence-corrected chi connectivity index (χ1v) is 11.2. The molecule has 6 heteroatoms. The number of benzene rings is 1. The SMILES string of the molecule is CN=C(NCC1(c2ccc3c(c2)OCO3)CCOCC1)N1CCC2(CCCC2)C1. The van der Waals surface area contributed by atoms with E-state index in [0.29, 0.717) is 12.2 Å². The lowest BCUT2D eigenvalue weighted by atomic mass is 9.74. The molecule has 1 aromatic rings. The van der Waals surface area contributed by atoms with Crippen molar-refractivity contribution in [1.29, 1.82) is 0 Å². The van der Waals surface area contributed by atoms with Crippen molar-refractivity contribution in [2.75, 3.05) is 46.7 Å². The second-order valence-corrected chi connectivity index (χ2v) is 9.24. The molecule has 2 saturated heterocycles. The van der Waals surface area contributed by atoms with Crippen molar-refractivity contribution >= 4 is 5.96 Å². The largest absolute Gasteiger partial charge is 0.454 e. The third-order valence-corrected chi connectivity index (χ3v) is 7.63. The second kappa shape index (κ2) is 7.71. The molecule has 158 valence electrons. The first-order valence-electron chi connectivity index (χ1n) is 11.2. The Morgan fingerprint density at radius 3 is 2.66 bits per heavy atom. The number of rotatable bonds is 3. The quantitative estimate of drug-likeness (QED) is 0.624. The van der Waals surface area contributed by atoms with E-state index in [0.717, 1.165) is 63.1 Å². The molecule has 1 N–H and O–H groups in total. The predicted octanol–water partition coefficient (Wildman–Crippen LogP) is 3.31. The molecule has 0 bridgehead atoms. The zero-order chi connectivity index (χ0) is 19.7. The first-order chi connectivity index (χ1) is 14.2. The fourth-order valence-corrected chi connectivity index (χ4v) is 5.79. The third-order valence-electron chi connectivity index (χ3n) is 7.63. The van der Waals surface area contributed by atoms with Crippen LogP contribution in [-0.4, -0.2) is 57.5 Å². The van der Waals surface area contributed by atoms with E-state index in [-0.39, 0.29) is 5.41 Å². The molecule has 29 heavy (non-hydrogen) atoms. The molecule has 0 aromatic heterocycles. The minimum Gasteiger partial charge on any atom is -0.454 e. The monoisotopic (exact) mass is 399 g/mol. The van der Waals surface area contributed by atoms with E-state index in [1.807, 2.05) is 13.1 Å². The van der Waals surface area contributed by atoms with Crippen LogP contribution in [0.1, 0.15) is 50.5 Å². The molecule has 1 spiro atoms. The number of aliphatic imine (C=N–C) groups is 1. The molecular formula is C23H33N3O3. The van der Waals surface area contributed by atoms with Crippen molar-refractivity contribution in [3.05, 3.63) is 23.8 Å². The lowest BCUT2D eigenvalue weighted by Gasteiger charge is -2.39. The van der Waals surface area contributed by atoms with Crippen molar-refractivity contribution < 1.29 is 14.2 Å². The molecule has 3 fully saturated rings. The van der Waals surface area contributed by atoms with Gasteiger partial charge >= 0.3 is 0 Å². The van der Waals surface area contributed by atoms with Crippen LogP contribution < -0.4 is 14.8 Å². The summed E-state index contributed by atoms with van der Waals surface area (Å²) in [6, 6.07) is 6.42. The maximum atomic E-state index is 5.71. The number of nitrogens with zero attached hydrogens (tertiary/aromatic N) is 2. The van der Waals surface area contributed by atoms with Crippen molar-refractivity contribution in [3.63, 3.8) is 0 Å². The van der Waals surface area contributed by atoms with Gasteiger partial charge in [0.25, 0.3) is 0 Å². The smallest absolute Gasteiger partial charge is 0.231 e. The van der Waals surface area contributed by atoms with E-state index >= 15 is 0 Å². The van der Waals surface area contributed by atoms with Gasteiger partial charge in [0, 0.05) is 45.3 Å². The maximum absolute atomic E-state index is 5.71. The van der Waals surface area contributed by atoms with E-state index in [2.05, 4.69) is 27.3 Å². The summed E-state index contributed by atoms with van der Waals surface area (Å²) in [6.07, 6.45) is 8.88. The van der Waals surface area contributed by atoms with Crippen LogP contribution in [0.2, 0.25) is 0 Å². The van der Waals surface area contributed by atoms with Crippen LogP contribution in [-0.2, 0) is 10.2 Å². The first kappa shape index (κ1) is 19.0. The fraction of sp³-hybridized carbons (Fsp3) is 0.696. The van der Waals surface area contributed by atoms with Gasteiger partial charge in [0.15, 0.2) is 17.5 Å². The van der Waals surface area contributed by atoms with Gasteiger partial charge in [-0.15, -0.1) is 0 Å². The number of guanidine groups is 1. The Hall–Kier alpha value is -1.95. The van der Waals surface area contributed by atoms with E-state index in [1.165, 1.54) is 37.7 Å². The molecule has 1 aliphatic carbocycles. The highest BCUT2D eigenvalue weighted by Gasteiger charge is 2.42. The molecule has 0 amide bonds. The lowest BCUT2D eigenvalue weighted by molar-refractivity contribution is 0.0511. The van der Waals surface area contributed by atoms with Gasteiger partial charge in [0.05, 0.1) is 0 Å². The second-order valence-electron chi connectivity index (χ2n) is 9.24. The Morgan fingerprint density at radius 1 is 1.07 bits per heavy atom. The van der Waals surface area contributed by atoms with Gasteiger partial charge in [0.2, 0.25) is 6.79 Å². The summed E-state index contributed by atoms with van der Waals surface area (Å²) >= 11 is 0. The molecule has 3 heterocycles. The number of hydrogen-bond acceptors (Lipinski definition) is 4. The normalized spacial score (nSPS) is 25.0. The fourth-order valence-electron chi connectivity index (χ4n) is 5.79. The molecule has 3 aliphatic heterocycles. The van der Waals surface area contributed by atoms with Gasteiger partial charge < -0.3 is 24.4 Å². The van der Waals surface area contributed by atoms with Crippen LogP contribution in [0.25, 0.3) is 0 Å². The average molecular weight is 400 g/mol. The topological polar surface area (TPSA) is 55.3 Å². The molecule has 1 aromatic carbocycles. The number of nitrogens with one attached hydrogen (secondary N) is 1. The summed E-state index contributed by atoms with van der Waals surface area (Å²) in [7, 11) is 1.92. The van der Waals surface area contributed by atoms with E-state index in [1.54, 1.807) is 0 Å². The Bertz CT molecular complexity index is 767. The highest BCUT2D eigenvalue weighted by Crippen LogP contribution is 2.45. The molecule has 0 atom stereocenters. The van der Waals surface area contributed by atoms with Crippen molar-refractivity contribution in [2.24, 2.45) is 10.4 Å². The van der Waals surface area contributed by atoms with E-state index in [9.17, 15) is 0 Å². The van der Waals surface area contributed by atoms with Gasteiger partial charge in [-0.3, -0.25) is 4.99 Å². The lowest BCUT2D eigenvalue weighted by Crippen LogP contribution is -2.49. The molecular weight excluding hydrogens is 366 g/mol. The molecule has 4 aliphatic rings. The Kier molecular flexibility index (Phi) is 5.06. The summed E-state index contributed by atoms with van der Waals surface area (Å²) in [5, 5.41) is 3.74. The summed E-state index contributed by atoms with van der Waals surface area (Å²) < 4.78 is 16.9. The standard InChI is InChI=1S/C23H33N3O3/c1-24-21(26-11-8-22(16-26)6-2-3-7-22)25-15-23(9-12-27-13-10-23)18-4-5-19-20(14-18)29-17-28-19/h4-5,14H,2-3,6-13,15-17H2,1H3,(H,24,25). The van der Waals surface area contributed by atoms with Crippen LogP contribution in [0.15, 0.2) is 23.2 Å².